The monoisotopic (exact) mass is 306 g/mol. The number of urea groups is 1. The van der Waals surface area contributed by atoms with E-state index in [2.05, 4.69) is 5.32 Å². The van der Waals surface area contributed by atoms with Crippen molar-refractivity contribution in [2.24, 2.45) is 0 Å². The lowest BCUT2D eigenvalue weighted by molar-refractivity contribution is -0.132. The Morgan fingerprint density at radius 3 is 2.73 bits per heavy atom. The van der Waals surface area contributed by atoms with Crippen LogP contribution >= 0.6 is 0 Å². The third kappa shape index (κ3) is 2.48. The van der Waals surface area contributed by atoms with E-state index in [-0.39, 0.29) is 19.1 Å². The van der Waals surface area contributed by atoms with Crippen molar-refractivity contribution in [3.63, 3.8) is 0 Å². The second-order valence-corrected chi connectivity index (χ2v) is 5.56. The number of ether oxygens (including phenoxy) is 3. The highest BCUT2D eigenvalue weighted by atomic mass is 16.6. The lowest BCUT2D eigenvalue weighted by Crippen LogP contribution is -2.47. The minimum atomic E-state index is -1.01. The molecular weight excluding hydrogens is 288 g/mol. The number of amides is 3. The van der Waals surface area contributed by atoms with Crippen LogP contribution in [0.1, 0.15) is 12.5 Å². The van der Waals surface area contributed by atoms with Gasteiger partial charge >= 0.3 is 6.03 Å². The zero-order chi connectivity index (χ0) is 15.7. The summed E-state index contributed by atoms with van der Waals surface area (Å²) in [5.41, 5.74) is -0.214. The van der Waals surface area contributed by atoms with E-state index in [9.17, 15) is 9.59 Å². The van der Waals surface area contributed by atoms with Gasteiger partial charge in [0.25, 0.3) is 5.91 Å². The van der Waals surface area contributed by atoms with Crippen molar-refractivity contribution in [3.8, 4) is 11.5 Å². The summed E-state index contributed by atoms with van der Waals surface area (Å²) < 4.78 is 16.0. The molecule has 0 bridgehead atoms. The third-order valence-corrected chi connectivity index (χ3v) is 3.73. The molecule has 1 aromatic rings. The Labute approximate surface area is 128 Å². The van der Waals surface area contributed by atoms with Crippen LogP contribution in [-0.4, -0.2) is 49.3 Å². The maximum atomic E-state index is 12.4. The molecule has 0 saturated carbocycles. The predicted octanol–water partition coefficient (Wildman–Crippen LogP) is 0.915. The Balaban J connectivity index is 1.78. The van der Waals surface area contributed by atoms with Gasteiger partial charge < -0.3 is 19.5 Å². The number of carbonyl (C=O) groups is 2. The molecule has 0 aliphatic carbocycles. The summed E-state index contributed by atoms with van der Waals surface area (Å²) in [6, 6.07) is 4.98. The summed E-state index contributed by atoms with van der Waals surface area (Å²) >= 11 is 0. The minimum absolute atomic E-state index is 0.134. The van der Waals surface area contributed by atoms with E-state index in [0.29, 0.717) is 24.7 Å². The zero-order valence-corrected chi connectivity index (χ0v) is 12.5. The summed E-state index contributed by atoms with van der Waals surface area (Å²) in [5, 5.41) is 2.67. The lowest BCUT2D eigenvalue weighted by Gasteiger charge is -2.21. The van der Waals surface area contributed by atoms with Crippen molar-refractivity contribution < 1.29 is 23.8 Å². The number of hydrogen-bond donors (Lipinski definition) is 1. The van der Waals surface area contributed by atoms with Gasteiger partial charge in [0.05, 0.1) is 13.2 Å². The van der Waals surface area contributed by atoms with E-state index in [0.717, 1.165) is 5.56 Å². The molecule has 7 nitrogen and oxygen atoms in total. The summed E-state index contributed by atoms with van der Waals surface area (Å²) in [7, 11) is 1.49. The van der Waals surface area contributed by atoms with Crippen LogP contribution < -0.4 is 14.8 Å². The molecule has 0 radical (unpaired) electrons. The molecule has 1 atom stereocenters. The van der Waals surface area contributed by atoms with Crippen LogP contribution in [-0.2, 0) is 16.1 Å². The van der Waals surface area contributed by atoms with Crippen LogP contribution in [0.2, 0.25) is 0 Å². The van der Waals surface area contributed by atoms with E-state index in [1.54, 1.807) is 19.1 Å². The largest absolute Gasteiger partial charge is 0.486 e. The second kappa shape index (κ2) is 5.49. The molecule has 0 aromatic heterocycles. The first-order valence-electron chi connectivity index (χ1n) is 7.05. The topological polar surface area (TPSA) is 77.1 Å². The van der Waals surface area contributed by atoms with Crippen LogP contribution in [0.25, 0.3) is 0 Å². The maximum Gasteiger partial charge on any atom is 0.325 e. The molecular formula is C15H18N2O5. The average molecular weight is 306 g/mol. The van der Waals surface area contributed by atoms with Crippen molar-refractivity contribution in [1.29, 1.82) is 0 Å². The molecule has 2 aliphatic heterocycles. The average Bonchev–Trinajstić information content (AvgIpc) is 2.71. The fourth-order valence-electron chi connectivity index (χ4n) is 2.65. The molecule has 2 aliphatic rings. The fourth-order valence-corrected chi connectivity index (χ4v) is 2.65. The lowest BCUT2D eigenvalue weighted by atomic mass is 10.0. The molecule has 3 rings (SSSR count). The van der Waals surface area contributed by atoms with E-state index in [4.69, 9.17) is 14.2 Å². The van der Waals surface area contributed by atoms with E-state index < -0.39 is 11.6 Å². The van der Waals surface area contributed by atoms with Crippen LogP contribution in [0.4, 0.5) is 4.79 Å². The summed E-state index contributed by atoms with van der Waals surface area (Å²) in [6.45, 7) is 2.98. The second-order valence-electron chi connectivity index (χ2n) is 5.56. The highest BCUT2D eigenvalue weighted by Crippen LogP contribution is 2.31. The van der Waals surface area contributed by atoms with Crippen molar-refractivity contribution >= 4 is 11.9 Å². The standard InChI is InChI=1S/C15H18N2O5/c1-15(9-20-2)13(18)17(14(19)16-15)8-10-3-4-11-12(7-10)22-6-5-21-11/h3-4,7H,5-6,8-9H2,1-2H3,(H,16,19). The van der Waals surface area contributed by atoms with E-state index in [1.165, 1.54) is 12.0 Å². The first kappa shape index (κ1) is 14.6. The van der Waals surface area contributed by atoms with Gasteiger partial charge in [-0.05, 0) is 24.6 Å². The third-order valence-electron chi connectivity index (χ3n) is 3.73. The number of methoxy groups -OCH3 is 1. The molecule has 0 spiro atoms. The van der Waals surface area contributed by atoms with Crippen molar-refractivity contribution in [3.05, 3.63) is 23.8 Å². The molecule has 1 fully saturated rings. The Morgan fingerprint density at radius 2 is 2.00 bits per heavy atom. The number of benzene rings is 1. The van der Waals surface area contributed by atoms with Gasteiger partial charge in [0.15, 0.2) is 11.5 Å². The number of fused-ring (bicyclic) bond motifs is 1. The molecule has 3 amide bonds. The van der Waals surface area contributed by atoms with Gasteiger partial charge in [0, 0.05) is 7.11 Å². The Kier molecular flexibility index (Phi) is 3.66. The Bertz CT molecular complexity index is 618. The van der Waals surface area contributed by atoms with Gasteiger partial charge in [-0.15, -0.1) is 0 Å². The van der Waals surface area contributed by atoms with Crippen LogP contribution in [0.15, 0.2) is 18.2 Å². The molecule has 2 heterocycles. The Hall–Kier alpha value is -2.28. The van der Waals surface area contributed by atoms with Gasteiger partial charge in [0.1, 0.15) is 18.8 Å². The Morgan fingerprint density at radius 1 is 1.27 bits per heavy atom. The molecule has 1 unspecified atom stereocenters. The number of hydrogen-bond acceptors (Lipinski definition) is 5. The first-order chi connectivity index (χ1) is 10.5. The highest BCUT2D eigenvalue weighted by molar-refractivity contribution is 6.06. The van der Waals surface area contributed by atoms with Gasteiger partial charge in [0.2, 0.25) is 0 Å². The van der Waals surface area contributed by atoms with Gasteiger partial charge in [-0.25, -0.2) is 4.79 Å². The SMILES string of the molecule is COCC1(C)NC(=O)N(Cc2ccc3c(c2)OCCO3)C1=O. The predicted molar refractivity (Wildman–Crippen MR) is 76.8 cm³/mol. The summed E-state index contributed by atoms with van der Waals surface area (Å²) in [4.78, 5) is 25.7. The van der Waals surface area contributed by atoms with Crippen LogP contribution in [0.3, 0.4) is 0 Å². The summed E-state index contributed by atoms with van der Waals surface area (Å²) in [6.07, 6.45) is 0. The normalized spacial score (nSPS) is 23.6. The molecule has 1 saturated heterocycles. The molecule has 1 aromatic carbocycles. The zero-order valence-electron chi connectivity index (χ0n) is 12.5. The molecule has 118 valence electrons. The van der Waals surface area contributed by atoms with Gasteiger partial charge in [-0.2, -0.15) is 0 Å². The molecule has 7 heteroatoms. The minimum Gasteiger partial charge on any atom is -0.486 e. The van der Waals surface area contributed by atoms with Crippen molar-refractivity contribution in [1.82, 2.24) is 10.2 Å². The van der Waals surface area contributed by atoms with E-state index >= 15 is 0 Å². The number of rotatable bonds is 4. The van der Waals surface area contributed by atoms with Crippen molar-refractivity contribution in [2.45, 2.75) is 19.0 Å². The fraction of sp³-hybridized carbons (Fsp3) is 0.467. The number of imide groups is 1. The van der Waals surface area contributed by atoms with Crippen LogP contribution in [0.5, 0.6) is 11.5 Å². The molecule has 1 N–H and O–H groups in total. The van der Waals surface area contributed by atoms with Gasteiger partial charge in [-0.1, -0.05) is 6.07 Å². The number of nitrogens with one attached hydrogen (secondary N) is 1. The summed E-state index contributed by atoms with van der Waals surface area (Å²) in [5.74, 6) is 1.01. The smallest absolute Gasteiger partial charge is 0.325 e. The highest BCUT2D eigenvalue weighted by Gasteiger charge is 2.47. The molecule has 22 heavy (non-hydrogen) atoms. The first-order valence-corrected chi connectivity index (χ1v) is 7.05. The van der Waals surface area contributed by atoms with Crippen molar-refractivity contribution in [2.75, 3.05) is 26.9 Å². The number of carbonyl (C=O) groups excluding carboxylic acids is 2. The van der Waals surface area contributed by atoms with E-state index in [1.807, 2.05) is 6.07 Å². The van der Waals surface area contributed by atoms with Crippen LogP contribution in [0, 0.1) is 0 Å². The number of nitrogens with zero attached hydrogens (tertiary/aromatic N) is 1. The van der Waals surface area contributed by atoms with Gasteiger partial charge in [-0.3, -0.25) is 9.69 Å². The maximum absolute atomic E-state index is 12.4. The quantitative estimate of drug-likeness (QED) is 0.837.